The lowest BCUT2D eigenvalue weighted by Crippen LogP contribution is -2.40. The zero-order valence-electron chi connectivity index (χ0n) is 11.5. The van der Waals surface area contributed by atoms with E-state index in [2.05, 4.69) is 10.3 Å². The summed E-state index contributed by atoms with van der Waals surface area (Å²) in [6, 6.07) is 3.63. The molecule has 0 aliphatic rings. The second kappa shape index (κ2) is 6.59. The highest BCUT2D eigenvalue weighted by Crippen LogP contribution is 2.20. The van der Waals surface area contributed by atoms with Gasteiger partial charge in [-0.3, -0.25) is 4.79 Å². The van der Waals surface area contributed by atoms with E-state index < -0.39 is 0 Å². The Morgan fingerprint density at radius 2 is 2.32 bits per heavy atom. The Hall–Kier alpha value is -2.29. The number of carbonyl (C=O) groups excluding carboxylic acids is 1. The minimum absolute atomic E-state index is 0.0811. The molecule has 0 radical (unpaired) electrons. The van der Waals surface area contributed by atoms with Crippen molar-refractivity contribution in [3.63, 3.8) is 0 Å². The average molecular weight is 261 g/mol. The van der Waals surface area contributed by atoms with Gasteiger partial charge in [0.05, 0.1) is 17.8 Å². The standard InChI is InChI=1S/C13H19N5O/c1-4-18(8-12(19)17-9(2)3)13-11(15)5-10(6-14)7-16-13/h5,7,9H,4,8,15H2,1-3H3,(H,17,19). The van der Waals surface area contributed by atoms with Crippen LogP contribution in [0.25, 0.3) is 0 Å². The summed E-state index contributed by atoms with van der Waals surface area (Å²) in [5.41, 5.74) is 6.67. The molecule has 0 atom stereocenters. The molecule has 1 heterocycles. The predicted molar refractivity (Wildman–Crippen MR) is 74.5 cm³/mol. The first-order valence-corrected chi connectivity index (χ1v) is 6.17. The van der Waals surface area contributed by atoms with Crippen molar-refractivity contribution in [3.05, 3.63) is 17.8 Å². The molecule has 0 fully saturated rings. The summed E-state index contributed by atoms with van der Waals surface area (Å²) in [4.78, 5) is 17.7. The van der Waals surface area contributed by atoms with E-state index in [1.54, 1.807) is 11.0 Å². The van der Waals surface area contributed by atoms with Crippen molar-refractivity contribution in [2.24, 2.45) is 0 Å². The number of nitrogens with one attached hydrogen (secondary N) is 1. The largest absolute Gasteiger partial charge is 0.396 e. The van der Waals surface area contributed by atoms with Crippen molar-refractivity contribution in [2.45, 2.75) is 26.8 Å². The summed E-state index contributed by atoms with van der Waals surface area (Å²) in [5.74, 6) is 0.447. The first-order chi connectivity index (χ1) is 8.97. The van der Waals surface area contributed by atoms with Crippen LogP contribution in [0.2, 0.25) is 0 Å². The molecule has 0 aliphatic carbocycles. The van der Waals surface area contributed by atoms with Gasteiger partial charge in [0.2, 0.25) is 5.91 Å². The topological polar surface area (TPSA) is 95.0 Å². The molecule has 6 nitrogen and oxygen atoms in total. The van der Waals surface area contributed by atoms with Crippen molar-refractivity contribution in [3.8, 4) is 6.07 Å². The molecule has 0 aromatic carbocycles. The molecule has 3 N–H and O–H groups in total. The number of nitrogen functional groups attached to an aromatic ring is 1. The summed E-state index contributed by atoms with van der Waals surface area (Å²) in [6.45, 7) is 6.53. The first-order valence-electron chi connectivity index (χ1n) is 6.17. The van der Waals surface area contributed by atoms with Gasteiger partial charge in [-0.15, -0.1) is 0 Å². The van der Waals surface area contributed by atoms with Crippen LogP contribution in [0, 0.1) is 11.3 Å². The first kappa shape index (κ1) is 14.8. The van der Waals surface area contributed by atoms with E-state index in [-0.39, 0.29) is 18.5 Å². The van der Waals surface area contributed by atoms with Crippen molar-refractivity contribution in [1.82, 2.24) is 10.3 Å². The van der Waals surface area contributed by atoms with Crippen LogP contribution in [0.4, 0.5) is 11.5 Å². The van der Waals surface area contributed by atoms with E-state index in [1.165, 1.54) is 6.20 Å². The van der Waals surface area contributed by atoms with Crippen molar-refractivity contribution >= 4 is 17.4 Å². The fraction of sp³-hybridized carbons (Fsp3) is 0.462. The molecule has 6 heteroatoms. The van der Waals surface area contributed by atoms with E-state index in [4.69, 9.17) is 11.0 Å². The molecule has 0 unspecified atom stereocenters. The summed E-state index contributed by atoms with van der Waals surface area (Å²) >= 11 is 0. The number of likely N-dealkylation sites (N-methyl/N-ethyl adjacent to an activating group) is 1. The minimum atomic E-state index is -0.0811. The highest BCUT2D eigenvalue weighted by atomic mass is 16.2. The lowest BCUT2D eigenvalue weighted by Gasteiger charge is -2.23. The Balaban J connectivity index is 2.86. The molecule has 102 valence electrons. The van der Waals surface area contributed by atoms with Gasteiger partial charge in [0.1, 0.15) is 6.07 Å². The number of anilines is 2. The van der Waals surface area contributed by atoms with E-state index >= 15 is 0 Å². The molecule has 19 heavy (non-hydrogen) atoms. The maximum atomic E-state index is 11.8. The Bertz CT molecular complexity index is 492. The molecule has 0 saturated heterocycles. The number of rotatable bonds is 5. The summed E-state index contributed by atoms with van der Waals surface area (Å²) in [7, 11) is 0. The van der Waals surface area contributed by atoms with Crippen LogP contribution >= 0.6 is 0 Å². The van der Waals surface area contributed by atoms with Gasteiger partial charge in [-0.25, -0.2) is 4.98 Å². The normalized spacial score (nSPS) is 10.1. The van der Waals surface area contributed by atoms with E-state index in [9.17, 15) is 4.79 Å². The number of pyridine rings is 1. The zero-order chi connectivity index (χ0) is 14.4. The number of aromatic nitrogens is 1. The van der Waals surface area contributed by atoms with E-state index in [0.717, 1.165) is 0 Å². The Morgan fingerprint density at radius 3 is 2.79 bits per heavy atom. The van der Waals surface area contributed by atoms with Gasteiger partial charge in [0.25, 0.3) is 0 Å². The fourth-order valence-electron chi connectivity index (χ4n) is 1.68. The van der Waals surface area contributed by atoms with Crippen molar-refractivity contribution in [1.29, 1.82) is 5.26 Å². The number of hydrogen-bond acceptors (Lipinski definition) is 5. The van der Waals surface area contributed by atoms with Crippen molar-refractivity contribution < 1.29 is 4.79 Å². The van der Waals surface area contributed by atoms with Crippen LogP contribution in [0.3, 0.4) is 0 Å². The lowest BCUT2D eigenvalue weighted by molar-refractivity contribution is -0.120. The molecule has 1 rings (SSSR count). The van der Waals surface area contributed by atoms with Crippen LogP contribution in [0.1, 0.15) is 26.3 Å². The number of nitrogens with zero attached hydrogens (tertiary/aromatic N) is 3. The molecule has 0 spiro atoms. The zero-order valence-corrected chi connectivity index (χ0v) is 11.5. The number of nitrogens with two attached hydrogens (primary N) is 1. The number of carbonyl (C=O) groups is 1. The highest BCUT2D eigenvalue weighted by molar-refractivity contribution is 5.82. The van der Waals surface area contributed by atoms with Crippen LogP contribution in [-0.2, 0) is 4.79 Å². The average Bonchev–Trinajstić information content (AvgIpc) is 2.35. The summed E-state index contributed by atoms with van der Waals surface area (Å²) < 4.78 is 0. The van der Waals surface area contributed by atoms with Gasteiger partial charge in [0.15, 0.2) is 5.82 Å². The van der Waals surface area contributed by atoms with Crippen LogP contribution in [0.5, 0.6) is 0 Å². The smallest absolute Gasteiger partial charge is 0.239 e. The minimum Gasteiger partial charge on any atom is -0.396 e. The quantitative estimate of drug-likeness (QED) is 0.820. The fourth-order valence-corrected chi connectivity index (χ4v) is 1.68. The Morgan fingerprint density at radius 1 is 1.63 bits per heavy atom. The van der Waals surface area contributed by atoms with E-state index in [0.29, 0.717) is 23.6 Å². The molecule has 1 aromatic rings. The van der Waals surface area contributed by atoms with E-state index in [1.807, 2.05) is 26.8 Å². The molecule has 1 aromatic heterocycles. The third-order valence-corrected chi connectivity index (χ3v) is 2.49. The second-order valence-corrected chi connectivity index (χ2v) is 4.49. The molecule has 0 bridgehead atoms. The van der Waals surface area contributed by atoms with Crippen molar-refractivity contribution in [2.75, 3.05) is 23.7 Å². The molecule has 1 amide bonds. The van der Waals surface area contributed by atoms with Gasteiger partial charge >= 0.3 is 0 Å². The molecular weight excluding hydrogens is 242 g/mol. The molecule has 0 saturated carbocycles. The van der Waals surface area contributed by atoms with Gasteiger partial charge < -0.3 is 16.0 Å². The van der Waals surface area contributed by atoms with Crippen LogP contribution in [0.15, 0.2) is 12.3 Å². The number of nitriles is 1. The van der Waals surface area contributed by atoms with Gasteiger partial charge in [-0.2, -0.15) is 5.26 Å². The van der Waals surface area contributed by atoms with Crippen LogP contribution < -0.4 is 16.0 Å². The third kappa shape index (κ3) is 4.14. The SMILES string of the molecule is CCN(CC(=O)NC(C)C)c1ncc(C#N)cc1N. The molecular formula is C13H19N5O. The third-order valence-electron chi connectivity index (χ3n) is 2.49. The highest BCUT2D eigenvalue weighted by Gasteiger charge is 2.14. The van der Waals surface area contributed by atoms with Crippen LogP contribution in [-0.4, -0.2) is 30.0 Å². The van der Waals surface area contributed by atoms with Gasteiger partial charge in [-0.05, 0) is 26.8 Å². The predicted octanol–water partition coefficient (Wildman–Crippen LogP) is 0.886. The second-order valence-electron chi connectivity index (χ2n) is 4.49. The Labute approximate surface area is 113 Å². The van der Waals surface area contributed by atoms with Gasteiger partial charge in [-0.1, -0.05) is 0 Å². The maximum absolute atomic E-state index is 11.8. The number of amides is 1. The molecule has 0 aliphatic heterocycles. The summed E-state index contributed by atoms with van der Waals surface area (Å²) in [6.07, 6.45) is 1.45. The summed E-state index contributed by atoms with van der Waals surface area (Å²) in [5, 5.41) is 11.6. The lowest BCUT2D eigenvalue weighted by atomic mass is 10.2. The monoisotopic (exact) mass is 261 g/mol. The van der Waals surface area contributed by atoms with Gasteiger partial charge in [0, 0.05) is 18.8 Å². The number of hydrogen-bond donors (Lipinski definition) is 2. The Kier molecular flexibility index (Phi) is 5.12. The maximum Gasteiger partial charge on any atom is 0.239 e.